The van der Waals surface area contributed by atoms with Crippen molar-refractivity contribution in [1.29, 1.82) is 0 Å². The van der Waals surface area contributed by atoms with Crippen molar-refractivity contribution in [2.24, 2.45) is 0 Å². The number of nitrogens with two attached hydrogens (primary N) is 1. The Morgan fingerprint density at radius 1 is 1.53 bits per heavy atom. The van der Waals surface area contributed by atoms with Crippen LogP contribution < -0.4 is 5.73 Å². The number of anilines is 1. The van der Waals surface area contributed by atoms with Crippen LogP contribution in [0.5, 0.6) is 0 Å². The molecule has 0 saturated carbocycles. The van der Waals surface area contributed by atoms with Gasteiger partial charge in [0.05, 0.1) is 22.5 Å². The topological polar surface area (TPSA) is 60.9 Å². The van der Waals surface area contributed by atoms with Gasteiger partial charge in [0, 0.05) is 6.54 Å². The fraction of sp³-hybridized carbons (Fsp3) is 0.231. The van der Waals surface area contributed by atoms with Gasteiger partial charge in [-0.05, 0) is 18.6 Å². The monoisotopic (exact) mass is 281 g/mol. The highest BCUT2D eigenvalue weighted by Gasteiger charge is 2.21. The number of aryl methyl sites for hydroxylation is 1. The van der Waals surface area contributed by atoms with Crippen LogP contribution in [0.2, 0.25) is 5.02 Å². The number of ketones is 1. The number of carbonyl (C=O) groups is 1. The first kappa shape index (κ1) is 13.5. The number of nitrogens with zero attached hydrogens (tertiary/aromatic N) is 2. The Labute approximate surface area is 115 Å². The van der Waals surface area contributed by atoms with Gasteiger partial charge < -0.3 is 5.73 Å². The summed E-state index contributed by atoms with van der Waals surface area (Å²) in [6.45, 7) is 2.52. The SMILES string of the molecule is CCCn1ncc(Cl)c1C(=O)c1cccc(F)c1N. The van der Waals surface area contributed by atoms with Gasteiger partial charge in [0.2, 0.25) is 5.78 Å². The summed E-state index contributed by atoms with van der Waals surface area (Å²) in [5, 5.41) is 4.27. The highest BCUT2D eigenvalue weighted by atomic mass is 35.5. The molecule has 2 N–H and O–H groups in total. The first-order chi connectivity index (χ1) is 9.06. The summed E-state index contributed by atoms with van der Waals surface area (Å²) in [6.07, 6.45) is 2.21. The molecule has 0 atom stereocenters. The zero-order valence-corrected chi connectivity index (χ0v) is 11.1. The molecule has 1 heterocycles. The van der Waals surface area contributed by atoms with Crippen LogP contribution in [0.15, 0.2) is 24.4 Å². The number of hydrogen-bond donors (Lipinski definition) is 1. The molecule has 0 radical (unpaired) electrons. The van der Waals surface area contributed by atoms with Crippen molar-refractivity contribution in [3.05, 3.63) is 46.5 Å². The fourth-order valence-electron chi connectivity index (χ4n) is 1.83. The molecule has 0 fully saturated rings. The van der Waals surface area contributed by atoms with Crippen LogP contribution in [0.1, 0.15) is 29.4 Å². The molecule has 0 bridgehead atoms. The molecule has 2 rings (SSSR count). The van der Waals surface area contributed by atoms with E-state index < -0.39 is 11.6 Å². The third-order valence-corrected chi connectivity index (χ3v) is 3.02. The number of hydrogen-bond acceptors (Lipinski definition) is 3. The van der Waals surface area contributed by atoms with E-state index in [0.717, 1.165) is 6.42 Å². The largest absolute Gasteiger partial charge is 0.396 e. The van der Waals surface area contributed by atoms with E-state index in [0.29, 0.717) is 6.54 Å². The van der Waals surface area contributed by atoms with Crippen LogP contribution in [0.3, 0.4) is 0 Å². The predicted octanol–water partition coefficient (Wildman–Crippen LogP) is 2.90. The van der Waals surface area contributed by atoms with Crippen molar-refractivity contribution >= 4 is 23.1 Å². The van der Waals surface area contributed by atoms with E-state index in [1.807, 2.05) is 6.92 Å². The molecule has 0 unspecified atom stereocenters. The van der Waals surface area contributed by atoms with Crippen LogP contribution in [0, 0.1) is 5.82 Å². The second-order valence-corrected chi connectivity index (χ2v) is 4.50. The van der Waals surface area contributed by atoms with E-state index in [9.17, 15) is 9.18 Å². The number of para-hydroxylation sites is 1. The standard InChI is InChI=1S/C13H13ClFN3O/c1-2-6-18-12(9(14)7-17-18)13(19)8-4-3-5-10(15)11(8)16/h3-5,7H,2,6,16H2,1H3. The molecular formula is C13H13ClFN3O. The number of nitrogen functional groups attached to an aromatic ring is 1. The van der Waals surface area contributed by atoms with Crippen molar-refractivity contribution in [3.8, 4) is 0 Å². The van der Waals surface area contributed by atoms with Crippen molar-refractivity contribution < 1.29 is 9.18 Å². The maximum atomic E-state index is 13.4. The molecular weight excluding hydrogens is 269 g/mol. The molecule has 6 heteroatoms. The second-order valence-electron chi connectivity index (χ2n) is 4.09. The summed E-state index contributed by atoms with van der Waals surface area (Å²) in [6, 6.07) is 4.12. The Kier molecular flexibility index (Phi) is 3.85. The minimum Gasteiger partial charge on any atom is -0.396 e. The van der Waals surface area contributed by atoms with Gasteiger partial charge in [-0.15, -0.1) is 0 Å². The lowest BCUT2D eigenvalue weighted by atomic mass is 10.1. The average molecular weight is 282 g/mol. The fourth-order valence-corrected chi connectivity index (χ4v) is 2.06. The second kappa shape index (κ2) is 5.40. The Balaban J connectivity index is 2.50. The maximum absolute atomic E-state index is 13.4. The molecule has 2 aromatic rings. The lowest BCUT2D eigenvalue weighted by Crippen LogP contribution is -2.14. The summed E-state index contributed by atoms with van der Waals surface area (Å²) in [7, 11) is 0. The molecule has 100 valence electrons. The van der Waals surface area contributed by atoms with Crippen LogP contribution in [0.4, 0.5) is 10.1 Å². The Morgan fingerprint density at radius 3 is 2.95 bits per heavy atom. The molecule has 1 aromatic heterocycles. The molecule has 0 saturated heterocycles. The first-order valence-electron chi connectivity index (χ1n) is 5.86. The smallest absolute Gasteiger partial charge is 0.214 e. The summed E-state index contributed by atoms with van der Waals surface area (Å²) in [4.78, 5) is 12.4. The van der Waals surface area contributed by atoms with E-state index in [-0.39, 0.29) is 22.0 Å². The maximum Gasteiger partial charge on any atom is 0.214 e. The van der Waals surface area contributed by atoms with E-state index in [1.165, 1.54) is 29.1 Å². The summed E-state index contributed by atoms with van der Waals surface area (Å²) in [5.41, 5.74) is 5.76. The molecule has 0 aliphatic carbocycles. The van der Waals surface area contributed by atoms with Gasteiger partial charge in [-0.2, -0.15) is 5.10 Å². The van der Waals surface area contributed by atoms with E-state index >= 15 is 0 Å². The average Bonchev–Trinajstić information content (AvgIpc) is 2.74. The summed E-state index contributed by atoms with van der Waals surface area (Å²) >= 11 is 5.98. The van der Waals surface area contributed by atoms with Gasteiger partial charge in [0.15, 0.2) is 0 Å². The highest BCUT2D eigenvalue weighted by molar-refractivity contribution is 6.34. The lowest BCUT2D eigenvalue weighted by molar-refractivity contribution is 0.102. The Bertz CT molecular complexity index is 624. The number of rotatable bonds is 4. The van der Waals surface area contributed by atoms with Crippen LogP contribution >= 0.6 is 11.6 Å². The van der Waals surface area contributed by atoms with Crippen molar-refractivity contribution in [2.75, 3.05) is 5.73 Å². The minimum absolute atomic E-state index is 0.0970. The van der Waals surface area contributed by atoms with E-state index in [2.05, 4.69) is 5.10 Å². The molecule has 0 amide bonds. The minimum atomic E-state index is -0.622. The predicted molar refractivity (Wildman–Crippen MR) is 71.8 cm³/mol. The number of benzene rings is 1. The van der Waals surface area contributed by atoms with Gasteiger partial charge >= 0.3 is 0 Å². The molecule has 4 nitrogen and oxygen atoms in total. The molecule has 0 aliphatic rings. The van der Waals surface area contributed by atoms with Crippen LogP contribution in [-0.2, 0) is 6.54 Å². The molecule has 0 aliphatic heterocycles. The third-order valence-electron chi connectivity index (χ3n) is 2.74. The molecule has 1 aromatic carbocycles. The number of halogens is 2. The van der Waals surface area contributed by atoms with Gasteiger partial charge in [-0.3, -0.25) is 9.48 Å². The van der Waals surface area contributed by atoms with Gasteiger partial charge in [0.1, 0.15) is 11.5 Å². The zero-order chi connectivity index (χ0) is 14.0. The van der Waals surface area contributed by atoms with Crippen molar-refractivity contribution in [1.82, 2.24) is 9.78 Å². The zero-order valence-electron chi connectivity index (χ0n) is 10.4. The lowest BCUT2D eigenvalue weighted by Gasteiger charge is -2.08. The highest BCUT2D eigenvalue weighted by Crippen LogP contribution is 2.24. The third kappa shape index (κ3) is 2.46. The number of aromatic nitrogens is 2. The van der Waals surface area contributed by atoms with Crippen LogP contribution in [0.25, 0.3) is 0 Å². The van der Waals surface area contributed by atoms with Gasteiger partial charge in [-0.25, -0.2) is 4.39 Å². The van der Waals surface area contributed by atoms with Gasteiger partial charge in [-0.1, -0.05) is 24.6 Å². The normalized spacial score (nSPS) is 10.7. The van der Waals surface area contributed by atoms with Crippen LogP contribution in [-0.4, -0.2) is 15.6 Å². The van der Waals surface area contributed by atoms with Crippen molar-refractivity contribution in [3.63, 3.8) is 0 Å². The number of carbonyl (C=O) groups excluding carboxylic acids is 1. The van der Waals surface area contributed by atoms with Crippen molar-refractivity contribution in [2.45, 2.75) is 19.9 Å². The molecule has 0 spiro atoms. The van der Waals surface area contributed by atoms with E-state index in [4.69, 9.17) is 17.3 Å². The summed E-state index contributed by atoms with van der Waals surface area (Å²) in [5.74, 6) is -1.04. The first-order valence-corrected chi connectivity index (χ1v) is 6.24. The Hall–Kier alpha value is -1.88. The van der Waals surface area contributed by atoms with Gasteiger partial charge in [0.25, 0.3) is 0 Å². The molecule has 19 heavy (non-hydrogen) atoms. The van der Waals surface area contributed by atoms with E-state index in [1.54, 1.807) is 0 Å². The Morgan fingerprint density at radius 2 is 2.26 bits per heavy atom. The summed E-state index contributed by atoms with van der Waals surface area (Å²) < 4.78 is 14.9. The quantitative estimate of drug-likeness (QED) is 0.692.